The molecule has 0 atom stereocenters. The van der Waals surface area contributed by atoms with Gasteiger partial charge in [0, 0.05) is 12.4 Å². The van der Waals surface area contributed by atoms with Crippen molar-refractivity contribution in [3.05, 3.63) is 29.6 Å². The third kappa shape index (κ3) is 3.28. The molecule has 0 unspecified atom stereocenters. The van der Waals surface area contributed by atoms with Crippen LogP contribution in [0.5, 0.6) is 0 Å². The van der Waals surface area contributed by atoms with Crippen molar-refractivity contribution in [3.63, 3.8) is 0 Å². The van der Waals surface area contributed by atoms with Crippen LogP contribution in [0, 0.1) is 11.3 Å². The van der Waals surface area contributed by atoms with Gasteiger partial charge >= 0.3 is 0 Å². The van der Waals surface area contributed by atoms with Gasteiger partial charge in [0.2, 0.25) is 0 Å². The van der Waals surface area contributed by atoms with Gasteiger partial charge in [-0.2, -0.15) is 5.26 Å². The van der Waals surface area contributed by atoms with Gasteiger partial charge in [-0.1, -0.05) is 13.8 Å². The van der Waals surface area contributed by atoms with Gasteiger partial charge in [0.05, 0.1) is 11.6 Å². The second-order valence-electron chi connectivity index (χ2n) is 4.81. The number of nitrogens with zero attached hydrogens (tertiary/aromatic N) is 2. The van der Waals surface area contributed by atoms with E-state index in [0.29, 0.717) is 5.56 Å². The topological polar surface area (TPSA) is 65.8 Å². The van der Waals surface area contributed by atoms with E-state index in [2.05, 4.69) is 10.3 Å². The van der Waals surface area contributed by atoms with Crippen molar-refractivity contribution < 1.29 is 4.79 Å². The predicted molar refractivity (Wildman–Crippen MR) is 65.5 cm³/mol. The van der Waals surface area contributed by atoms with E-state index in [0.717, 1.165) is 5.56 Å². The molecule has 90 valence electrons. The molecule has 0 spiro atoms. The molecule has 1 heterocycles. The largest absolute Gasteiger partial charge is 0.334 e. The second kappa shape index (κ2) is 4.96. The molecule has 0 radical (unpaired) electrons. The monoisotopic (exact) mass is 231 g/mol. The van der Waals surface area contributed by atoms with Crippen molar-refractivity contribution in [1.82, 2.24) is 10.3 Å². The van der Waals surface area contributed by atoms with Crippen LogP contribution in [0.3, 0.4) is 0 Å². The van der Waals surface area contributed by atoms with Crippen LogP contribution in [-0.4, -0.2) is 16.4 Å². The molecule has 0 aliphatic rings. The van der Waals surface area contributed by atoms with E-state index < -0.39 is 5.54 Å². The molecule has 1 amide bonds. The quantitative estimate of drug-likeness (QED) is 0.867. The Morgan fingerprint density at radius 3 is 2.71 bits per heavy atom. The molecule has 0 saturated heterocycles. The van der Waals surface area contributed by atoms with E-state index in [1.54, 1.807) is 20.0 Å². The lowest BCUT2D eigenvalue weighted by Gasteiger charge is -2.19. The summed E-state index contributed by atoms with van der Waals surface area (Å²) in [5, 5.41) is 11.6. The Bertz CT molecular complexity index is 458. The first-order valence-electron chi connectivity index (χ1n) is 5.55. The van der Waals surface area contributed by atoms with Crippen molar-refractivity contribution in [2.45, 2.75) is 39.2 Å². The molecule has 1 aromatic heterocycles. The van der Waals surface area contributed by atoms with Crippen LogP contribution in [0.15, 0.2) is 18.5 Å². The summed E-state index contributed by atoms with van der Waals surface area (Å²) in [7, 11) is 0. The number of rotatable bonds is 3. The Hall–Kier alpha value is -1.89. The molecular formula is C13H17N3O. The minimum atomic E-state index is -0.874. The van der Waals surface area contributed by atoms with Crippen LogP contribution in [0.1, 0.15) is 49.5 Å². The predicted octanol–water partition coefficient (Wildman–Crippen LogP) is 2.24. The van der Waals surface area contributed by atoms with Crippen LogP contribution in [0.2, 0.25) is 0 Å². The molecule has 17 heavy (non-hydrogen) atoms. The van der Waals surface area contributed by atoms with Crippen molar-refractivity contribution >= 4 is 5.91 Å². The molecule has 0 aromatic carbocycles. The second-order valence-corrected chi connectivity index (χ2v) is 4.81. The fourth-order valence-electron chi connectivity index (χ4n) is 1.48. The fraction of sp³-hybridized carbons (Fsp3) is 0.462. The van der Waals surface area contributed by atoms with Crippen molar-refractivity contribution in [1.29, 1.82) is 5.26 Å². The first-order valence-corrected chi connectivity index (χ1v) is 5.55. The summed E-state index contributed by atoms with van der Waals surface area (Å²) >= 11 is 0. The number of carbonyl (C=O) groups excluding carboxylic acids is 1. The summed E-state index contributed by atoms with van der Waals surface area (Å²) in [6, 6.07) is 3.87. The summed E-state index contributed by atoms with van der Waals surface area (Å²) < 4.78 is 0. The molecular weight excluding hydrogens is 214 g/mol. The number of aromatic nitrogens is 1. The molecule has 0 aliphatic heterocycles. The lowest BCUT2D eigenvalue weighted by atomic mass is 9.98. The summed E-state index contributed by atoms with van der Waals surface area (Å²) in [5.74, 6) is -0.0164. The van der Waals surface area contributed by atoms with Gasteiger partial charge < -0.3 is 5.32 Å². The van der Waals surface area contributed by atoms with Crippen LogP contribution >= 0.6 is 0 Å². The first kappa shape index (κ1) is 13.2. The average Bonchev–Trinajstić information content (AvgIpc) is 2.28. The maximum atomic E-state index is 12.0. The molecule has 1 N–H and O–H groups in total. The third-order valence-electron chi connectivity index (χ3n) is 2.43. The van der Waals surface area contributed by atoms with E-state index in [9.17, 15) is 4.79 Å². The summed E-state index contributed by atoms with van der Waals surface area (Å²) in [6.07, 6.45) is 3.21. The zero-order chi connectivity index (χ0) is 13.1. The van der Waals surface area contributed by atoms with Gasteiger partial charge in [-0.3, -0.25) is 9.78 Å². The number of nitriles is 1. The highest BCUT2D eigenvalue weighted by molar-refractivity contribution is 5.96. The van der Waals surface area contributed by atoms with Crippen LogP contribution in [-0.2, 0) is 0 Å². The zero-order valence-corrected chi connectivity index (χ0v) is 10.6. The minimum absolute atomic E-state index is 0.240. The van der Waals surface area contributed by atoms with Crippen molar-refractivity contribution in [2.24, 2.45) is 0 Å². The summed E-state index contributed by atoms with van der Waals surface area (Å²) in [6.45, 7) is 7.36. The number of hydrogen-bond donors (Lipinski definition) is 1. The SMILES string of the molecule is CC(C)c1ccncc1C(=O)NC(C)(C)C#N. The van der Waals surface area contributed by atoms with E-state index in [-0.39, 0.29) is 11.8 Å². The van der Waals surface area contributed by atoms with E-state index in [1.807, 2.05) is 26.0 Å². The molecule has 0 bridgehead atoms. The number of carbonyl (C=O) groups is 1. The maximum Gasteiger partial charge on any atom is 0.254 e. The normalized spacial score (nSPS) is 11.1. The maximum absolute atomic E-state index is 12.0. The fourth-order valence-corrected chi connectivity index (χ4v) is 1.48. The Kier molecular flexibility index (Phi) is 3.84. The number of hydrogen-bond acceptors (Lipinski definition) is 3. The van der Waals surface area contributed by atoms with Gasteiger partial charge in [0.15, 0.2) is 0 Å². The molecule has 1 rings (SSSR count). The highest BCUT2D eigenvalue weighted by Crippen LogP contribution is 2.18. The smallest absolute Gasteiger partial charge is 0.254 e. The number of nitrogens with one attached hydrogen (secondary N) is 1. The van der Waals surface area contributed by atoms with Crippen LogP contribution in [0.4, 0.5) is 0 Å². The average molecular weight is 231 g/mol. The Morgan fingerprint density at radius 2 is 2.18 bits per heavy atom. The lowest BCUT2D eigenvalue weighted by Crippen LogP contribution is -2.42. The van der Waals surface area contributed by atoms with Crippen molar-refractivity contribution in [3.8, 4) is 6.07 Å². The Balaban J connectivity index is 3.02. The molecule has 1 aromatic rings. The van der Waals surface area contributed by atoms with Crippen LogP contribution in [0.25, 0.3) is 0 Å². The standard InChI is InChI=1S/C13H17N3O/c1-9(2)10-5-6-15-7-11(10)12(17)16-13(3,4)8-14/h5-7,9H,1-4H3,(H,16,17). The Morgan fingerprint density at radius 1 is 1.53 bits per heavy atom. The molecule has 0 fully saturated rings. The third-order valence-corrected chi connectivity index (χ3v) is 2.43. The Labute approximate surface area is 102 Å². The lowest BCUT2D eigenvalue weighted by molar-refractivity contribution is 0.0927. The van der Waals surface area contributed by atoms with Gasteiger partial charge in [0.25, 0.3) is 5.91 Å². The molecule has 0 saturated carbocycles. The van der Waals surface area contributed by atoms with Gasteiger partial charge in [-0.15, -0.1) is 0 Å². The van der Waals surface area contributed by atoms with Gasteiger partial charge in [0.1, 0.15) is 5.54 Å². The van der Waals surface area contributed by atoms with Gasteiger partial charge in [-0.25, -0.2) is 0 Å². The van der Waals surface area contributed by atoms with Gasteiger partial charge in [-0.05, 0) is 31.4 Å². The number of amides is 1. The van der Waals surface area contributed by atoms with E-state index in [1.165, 1.54) is 6.20 Å². The highest BCUT2D eigenvalue weighted by atomic mass is 16.1. The summed E-state index contributed by atoms with van der Waals surface area (Å²) in [5.41, 5.74) is 0.596. The summed E-state index contributed by atoms with van der Waals surface area (Å²) in [4.78, 5) is 16.0. The van der Waals surface area contributed by atoms with Crippen LogP contribution < -0.4 is 5.32 Å². The minimum Gasteiger partial charge on any atom is -0.334 e. The number of pyridine rings is 1. The molecule has 0 aliphatic carbocycles. The van der Waals surface area contributed by atoms with Crippen molar-refractivity contribution in [2.75, 3.05) is 0 Å². The molecule has 4 heteroatoms. The first-order chi connectivity index (χ1) is 7.87. The van der Waals surface area contributed by atoms with E-state index in [4.69, 9.17) is 5.26 Å². The molecule has 4 nitrogen and oxygen atoms in total. The highest BCUT2D eigenvalue weighted by Gasteiger charge is 2.22. The zero-order valence-electron chi connectivity index (χ0n) is 10.6. The van der Waals surface area contributed by atoms with E-state index >= 15 is 0 Å².